The number of Topliss-reactive ketones (excluding diaryl/α,β-unsaturated/α-hetero) is 1. The molecule has 0 bridgehead atoms. The lowest BCUT2D eigenvalue weighted by atomic mass is 9.79. The Labute approximate surface area is 180 Å². The summed E-state index contributed by atoms with van der Waals surface area (Å²) in [6, 6.07) is 15.5. The molecule has 2 aromatic carbocycles. The Morgan fingerprint density at radius 3 is 2.06 bits per heavy atom. The third-order valence-corrected chi connectivity index (χ3v) is 4.41. The number of carbonyl (C=O) groups excluding carboxylic acids is 3. The van der Waals surface area contributed by atoms with Crippen LogP contribution in [-0.2, 0) is 14.3 Å². The van der Waals surface area contributed by atoms with Crippen molar-refractivity contribution in [3.63, 3.8) is 0 Å². The zero-order valence-electron chi connectivity index (χ0n) is 17.1. The fourth-order valence-corrected chi connectivity index (χ4v) is 2.83. The normalized spacial score (nSPS) is 13.4. The maximum Gasteiger partial charge on any atom is 0.453 e. The minimum atomic E-state index is -1.66. The molecule has 2 aromatic rings. The fraction of sp³-hybridized carbons (Fsp3) is 0.286. The van der Waals surface area contributed by atoms with Crippen molar-refractivity contribution in [2.24, 2.45) is 5.73 Å². The Hall–Kier alpha value is -3.21. The number of alkyl carbamates (subject to hydrolysis) is 1. The molecule has 0 aliphatic heterocycles. The highest BCUT2D eigenvalue weighted by molar-refractivity contribution is 6.41. The van der Waals surface area contributed by atoms with Crippen molar-refractivity contribution in [1.29, 1.82) is 0 Å². The van der Waals surface area contributed by atoms with Gasteiger partial charge in [-0.25, -0.2) is 4.79 Å². The molecular weight excluding hydrogens is 401 g/mol. The van der Waals surface area contributed by atoms with Crippen LogP contribution in [0.4, 0.5) is 4.79 Å². The highest BCUT2D eigenvalue weighted by Crippen LogP contribution is 2.21. The van der Waals surface area contributed by atoms with Gasteiger partial charge in [-0.15, -0.1) is 0 Å². The van der Waals surface area contributed by atoms with E-state index in [0.717, 1.165) is 0 Å². The van der Waals surface area contributed by atoms with Crippen LogP contribution in [0.25, 0.3) is 0 Å². The van der Waals surface area contributed by atoms with Gasteiger partial charge in [0, 0.05) is 11.9 Å². The van der Waals surface area contributed by atoms with E-state index in [-0.39, 0.29) is 12.9 Å². The molecule has 2 amide bonds. The van der Waals surface area contributed by atoms with Crippen molar-refractivity contribution in [2.45, 2.75) is 31.4 Å². The number of nitrogens with two attached hydrogens (primary N) is 1. The molecule has 2 unspecified atom stereocenters. The molecule has 0 fully saturated rings. The van der Waals surface area contributed by atoms with E-state index in [1.54, 1.807) is 60.7 Å². The number of rotatable bonds is 10. The van der Waals surface area contributed by atoms with Crippen LogP contribution >= 0.6 is 0 Å². The quantitative estimate of drug-likeness (QED) is 0.350. The van der Waals surface area contributed by atoms with Crippen LogP contribution in [-0.4, -0.2) is 47.5 Å². The molecule has 0 radical (unpaired) electrons. The molecule has 0 aliphatic carbocycles. The van der Waals surface area contributed by atoms with Crippen LogP contribution in [0.5, 0.6) is 0 Å². The van der Waals surface area contributed by atoms with Gasteiger partial charge in [-0.05, 0) is 12.5 Å². The van der Waals surface area contributed by atoms with Crippen LogP contribution in [0.3, 0.4) is 0 Å². The molecule has 0 spiro atoms. The molecule has 164 valence electrons. The first-order valence-corrected chi connectivity index (χ1v) is 9.77. The van der Waals surface area contributed by atoms with E-state index < -0.39 is 43.1 Å². The number of hydrogen-bond acceptors (Lipinski definition) is 7. The summed E-state index contributed by atoms with van der Waals surface area (Å²) in [4.78, 5) is 37.0. The molecule has 0 saturated heterocycles. The first-order valence-electron chi connectivity index (χ1n) is 9.77. The second kappa shape index (κ2) is 11.8. The van der Waals surface area contributed by atoms with E-state index in [1.165, 1.54) is 6.92 Å². The highest BCUT2D eigenvalue weighted by atomic mass is 16.6. The Kier molecular flexibility index (Phi) is 9.20. The molecule has 10 heteroatoms. The average Bonchev–Trinajstić information content (AvgIpc) is 2.76. The van der Waals surface area contributed by atoms with Crippen LogP contribution < -0.4 is 16.4 Å². The molecule has 6 N–H and O–H groups in total. The van der Waals surface area contributed by atoms with E-state index in [1.807, 2.05) is 0 Å². The third kappa shape index (κ3) is 7.85. The summed E-state index contributed by atoms with van der Waals surface area (Å²) < 4.78 is 5.38. The number of ether oxygens (including phenoxy) is 1. The summed E-state index contributed by atoms with van der Waals surface area (Å²) in [7, 11) is -1.66. The van der Waals surface area contributed by atoms with Gasteiger partial charge in [-0.2, -0.15) is 0 Å². The second-order valence-corrected chi connectivity index (χ2v) is 6.99. The monoisotopic (exact) mass is 427 g/mol. The lowest BCUT2D eigenvalue weighted by molar-refractivity contribution is -0.130. The molecular formula is C21H26BN3O6. The standard InChI is InChI=1S/C21H26BN3O6/c1-14(23)20(27)24-13-18(26)19(16-10-6-3-7-11-16)31-21(28)25-17(12-22(29)30)15-8-4-2-5-9-15/h2-11,14,17,19,29-30H,12-13,23H2,1H3,(H,24,27)(H,25,28)/t14-,17?,19?/m0/s1. The molecule has 2 rings (SSSR count). The maximum atomic E-state index is 12.7. The van der Waals surface area contributed by atoms with Crippen molar-refractivity contribution in [2.75, 3.05) is 6.54 Å². The number of nitrogens with one attached hydrogen (secondary N) is 2. The Bertz CT molecular complexity index is 864. The number of hydrogen-bond donors (Lipinski definition) is 5. The molecule has 0 heterocycles. The van der Waals surface area contributed by atoms with Crippen LogP contribution in [0.15, 0.2) is 60.7 Å². The van der Waals surface area contributed by atoms with Crippen molar-refractivity contribution in [3.8, 4) is 0 Å². The minimum Gasteiger partial charge on any atom is -0.433 e. The number of amides is 2. The van der Waals surface area contributed by atoms with Gasteiger partial charge >= 0.3 is 13.2 Å². The van der Waals surface area contributed by atoms with Crippen LogP contribution in [0.2, 0.25) is 6.32 Å². The predicted molar refractivity (Wildman–Crippen MR) is 115 cm³/mol. The van der Waals surface area contributed by atoms with Gasteiger partial charge in [0.05, 0.1) is 18.6 Å². The topological polar surface area (TPSA) is 151 Å². The summed E-state index contributed by atoms with van der Waals surface area (Å²) in [6.07, 6.45) is -2.37. The van der Waals surface area contributed by atoms with E-state index >= 15 is 0 Å². The molecule has 9 nitrogen and oxygen atoms in total. The van der Waals surface area contributed by atoms with Crippen molar-refractivity contribution in [1.82, 2.24) is 10.6 Å². The predicted octanol–water partition coefficient (Wildman–Crippen LogP) is 0.701. The fourth-order valence-electron chi connectivity index (χ4n) is 2.83. The van der Waals surface area contributed by atoms with Gasteiger partial charge in [0.25, 0.3) is 0 Å². The Morgan fingerprint density at radius 1 is 1.00 bits per heavy atom. The van der Waals surface area contributed by atoms with Gasteiger partial charge in [0.2, 0.25) is 5.91 Å². The lowest BCUT2D eigenvalue weighted by Gasteiger charge is -2.22. The molecule has 3 atom stereocenters. The summed E-state index contributed by atoms with van der Waals surface area (Å²) in [5.74, 6) is -1.06. The number of benzene rings is 2. The van der Waals surface area contributed by atoms with Crippen molar-refractivity contribution >= 4 is 24.9 Å². The number of ketones is 1. The first-order chi connectivity index (χ1) is 14.8. The molecule has 31 heavy (non-hydrogen) atoms. The second-order valence-electron chi connectivity index (χ2n) is 6.99. The summed E-state index contributed by atoms with van der Waals surface area (Å²) in [6.45, 7) is 1.11. The van der Waals surface area contributed by atoms with E-state index in [2.05, 4.69) is 10.6 Å². The molecule has 0 saturated carbocycles. The maximum absolute atomic E-state index is 12.7. The zero-order chi connectivity index (χ0) is 22.8. The van der Waals surface area contributed by atoms with Gasteiger partial charge in [-0.1, -0.05) is 60.7 Å². The van der Waals surface area contributed by atoms with Gasteiger partial charge in [0.15, 0.2) is 11.9 Å². The molecule has 0 aromatic heterocycles. The van der Waals surface area contributed by atoms with E-state index in [4.69, 9.17) is 10.5 Å². The Balaban J connectivity index is 2.14. The van der Waals surface area contributed by atoms with Crippen molar-refractivity contribution in [3.05, 3.63) is 71.8 Å². The SMILES string of the molecule is C[C@H](N)C(=O)NCC(=O)C(OC(=O)NC(CB(O)O)c1ccccc1)c1ccccc1. The average molecular weight is 427 g/mol. The minimum absolute atomic E-state index is 0.173. The van der Waals surface area contributed by atoms with Crippen LogP contribution in [0, 0.1) is 0 Å². The first kappa shape index (κ1) is 24.1. The van der Waals surface area contributed by atoms with E-state index in [9.17, 15) is 24.4 Å². The summed E-state index contributed by atoms with van der Waals surface area (Å²) in [5.41, 5.74) is 6.55. The van der Waals surface area contributed by atoms with Crippen LogP contribution in [0.1, 0.15) is 30.2 Å². The van der Waals surface area contributed by atoms with Gasteiger partial charge in [0.1, 0.15) is 0 Å². The van der Waals surface area contributed by atoms with Gasteiger partial charge in [-0.3, -0.25) is 9.59 Å². The van der Waals surface area contributed by atoms with E-state index in [0.29, 0.717) is 11.1 Å². The summed E-state index contributed by atoms with van der Waals surface area (Å²) in [5, 5.41) is 23.7. The third-order valence-electron chi connectivity index (χ3n) is 4.41. The Morgan fingerprint density at radius 2 is 1.55 bits per heavy atom. The number of carbonyl (C=O) groups is 3. The van der Waals surface area contributed by atoms with Crippen molar-refractivity contribution < 1.29 is 29.2 Å². The largest absolute Gasteiger partial charge is 0.453 e. The molecule has 0 aliphatic rings. The highest BCUT2D eigenvalue weighted by Gasteiger charge is 2.28. The summed E-state index contributed by atoms with van der Waals surface area (Å²) >= 11 is 0. The lowest BCUT2D eigenvalue weighted by Crippen LogP contribution is -2.42. The van der Waals surface area contributed by atoms with Gasteiger partial charge < -0.3 is 31.2 Å². The smallest absolute Gasteiger partial charge is 0.433 e. The zero-order valence-corrected chi connectivity index (χ0v) is 17.1.